The van der Waals surface area contributed by atoms with Crippen LogP contribution in [0.3, 0.4) is 0 Å². The number of rotatable bonds is 11. The molecule has 0 aliphatic heterocycles. The lowest BCUT2D eigenvalue weighted by molar-refractivity contribution is -0.152. The van der Waals surface area contributed by atoms with Gasteiger partial charge in [-0.1, -0.05) is 0 Å². The van der Waals surface area contributed by atoms with E-state index in [0.717, 1.165) is 0 Å². The van der Waals surface area contributed by atoms with E-state index in [1.54, 1.807) is 0 Å². The maximum Gasteiger partial charge on any atom is 0.311 e. The minimum Gasteiger partial charge on any atom is -0.469 e. The molecule has 22 heavy (non-hydrogen) atoms. The van der Waals surface area contributed by atoms with E-state index < -0.39 is 10.8 Å². The molecule has 0 aliphatic rings. The van der Waals surface area contributed by atoms with Crippen LogP contribution in [0.2, 0.25) is 0 Å². The van der Waals surface area contributed by atoms with Gasteiger partial charge in [0.2, 0.25) is 0 Å². The predicted octanol–water partition coefficient (Wildman–Crippen LogP) is 2.20. The van der Waals surface area contributed by atoms with Crippen molar-refractivity contribution in [3.8, 4) is 0 Å². The molecule has 130 valence electrons. The van der Waals surface area contributed by atoms with Crippen molar-refractivity contribution in [2.45, 2.75) is 40.5 Å². The van der Waals surface area contributed by atoms with Gasteiger partial charge in [0.05, 0.1) is 38.3 Å². The number of methoxy groups -OCH3 is 2. The third-order valence-electron chi connectivity index (χ3n) is 3.59. The van der Waals surface area contributed by atoms with Gasteiger partial charge in [0.1, 0.15) is 0 Å². The van der Waals surface area contributed by atoms with Gasteiger partial charge < -0.3 is 18.9 Å². The topological polar surface area (TPSA) is 71.1 Å². The molecule has 0 aromatic carbocycles. The number of hydrogen-bond acceptors (Lipinski definition) is 6. The standard InChI is InChI=1S/C16H30O6/c1-15(2,13(17)19-5)7-9-21-11-12-22-10-8-16(3,4)14(18)20-6/h7-12H2,1-6H3. The Kier molecular flexibility index (Phi) is 9.28. The maximum absolute atomic E-state index is 11.5. The summed E-state index contributed by atoms with van der Waals surface area (Å²) in [5.74, 6) is -0.477. The van der Waals surface area contributed by atoms with E-state index in [4.69, 9.17) is 18.9 Å². The minimum atomic E-state index is -0.542. The fourth-order valence-electron chi connectivity index (χ4n) is 1.73. The molecule has 0 unspecified atom stereocenters. The van der Waals surface area contributed by atoms with Gasteiger partial charge in [-0.15, -0.1) is 0 Å². The monoisotopic (exact) mass is 318 g/mol. The first-order valence-electron chi connectivity index (χ1n) is 7.49. The van der Waals surface area contributed by atoms with Crippen LogP contribution in [-0.2, 0) is 28.5 Å². The van der Waals surface area contributed by atoms with E-state index in [-0.39, 0.29) is 11.9 Å². The SMILES string of the molecule is COC(=O)C(C)(C)CCOCCOCCC(C)(C)C(=O)OC. The summed E-state index contributed by atoms with van der Waals surface area (Å²) in [4.78, 5) is 22.9. The third-order valence-corrected chi connectivity index (χ3v) is 3.59. The van der Waals surface area contributed by atoms with Gasteiger partial charge >= 0.3 is 11.9 Å². The van der Waals surface area contributed by atoms with Gasteiger partial charge in [-0.25, -0.2) is 0 Å². The summed E-state index contributed by atoms with van der Waals surface area (Å²) in [7, 11) is 2.77. The second-order valence-electron chi connectivity index (χ2n) is 6.48. The van der Waals surface area contributed by atoms with Gasteiger partial charge in [0, 0.05) is 13.2 Å². The average molecular weight is 318 g/mol. The third kappa shape index (κ3) is 7.75. The van der Waals surface area contributed by atoms with Crippen LogP contribution in [0.1, 0.15) is 40.5 Å². The molecule has 0 atom stereocenters. The van der Waals surface area contributed by atoms with Crippen LogP contribution in [0.4, 0.5) is 0 Å². The normalized spacial score (nSPS) is 12.1. The van der Waals surface area contributed by atoms with Crippen LogP contribution >= 0.6 is 0 Å². The molecule has 0 N–H and O–H groups in total. The molecule has 0 aromatic heterocycles. The van der Waals surface area contributed by atoms with Gasteiger partial charge in [0.15, 0.2) is 0 Å². The van der Waals surface area contributed by atoms with Gasteiger partial charge in [0.25, 0.3) is 0 Å². The average Bonchev–Trinajstić information content (AvgIpc) is 2.47. The lowest BCUT2D eigenvalue weighted by Crippen LogP contribution is -2.28. The largest absolute Gasteiger partial charge is 0.469 e. The van der Waals surface area contributed by atoms with Crippen molar-refractivity contribution < 1.29 is 28.5 Å². The number of ether oxygens (including phenoxy) is 4. The summed E-state index contributed by atoms with van der Waals surface area (Å²) in [5.41, 5.74) is -1.08. The van der Waals surface area contributed by atoms with Crippen LogP contribution in [0.25, 0.3) is 0 Å². The zero-order chi connectivity index (χ0) is 17.2. The van der Waals surface area contributed by atoms with Crippen molar-refractivity contribution >= 4 is 11.9 Å². The smallest absolute Gasteiger partial charge is 0.311 e. The molecule has 0 fully saturated rings. The molecular weight excluding hydrogens is 288 g/mol. The Morgan fingerprint density at radius 2 is 1.00 bits per heavy atom. The Morgan fingerprint density at radius 1 is 0.682 bits per heavy atom. The van der Waals surface area contributed by atoms with E-state index in [0.29, 0.717) is 39.3 Å². The predicted molar refractivity (Wildman–Crippen MR) is 82.5 cm³/mol. The van der Waals surface area contributed by atoms with Crippen LogP contribution in [0.15, 0.2) is 0 Å². The summed E-state index contributed by atoms with van der Waals surface area (Å²) in [6.45, 7) is 9.16. The van der Waals surface area contributed by atoms with Crippen LogP contribution in [0.5, 0.6) is 0 Å². The molecule has 0 amide bonds. The summed E-state index contributed by atoms with van der Waals surface area (Å²) in [6.07, 6.45) is 1.18. The Hall–Kier alpha value is -1.14. The van der Waals surface area contributed by atoms with E-state index in [1.807, 2.05) is 27.7 Å². The highest BCUT2D eigenvalue weighted by Crippen LogP contribution is 2.22. The lowest BCUT2D eigenvalue weighted by atomic mass is 9.90. The van der Waals surface area contributed by atoms with E-state index in [9.17, 15) is 9.59 Å². The zero-order valence-corrected chi connectivity index (χ0v) is 14.7. The zero-order valence-electron chi connectivity index (χ0n) is 14.7. The second-order valence-corrected chi connectivity index (χ2v) is 6.48. The summed E-state index contributed by atoms with van der Waals surface area (Å²) in [6, 6.07) is 0. The van der Waals surface area contributed by atoms with Crippen molar-refractivity contribution in [3.05, 3.63) is 0 Å². The van der Waals surface area contributed by atoms with Crippen molar-refractivity contribution in [2.24, 2.45) is 10.8 Å². The molecular formula is C16H30O6. The number of esters is 2. The fraction of sp³-hybridized carbons (Fsp3) is 0.875. The van der Waals surface area contributed by atoms with E-state index in [2.05, 4.69) is 0 Å². The summed E-state index contributed by atoms with van der Waals surface area (Å²) in [5, 5.41) is 0. The molecule has 6 heteroatoms. The first kappa shape index (κ1) is 20.9. The minimum absolute atomic E-state index is 0.239. The molecule has 0 aliphatic carbocycles. The highest BCUT2D eigenvalue weighted by Gasteiger charge is 2.29. The quantitative estimate of drug-likeness (QED) is 0.429. The molecule has 0 spiro atoms. The van der Waals surface area contributed by atoms with Gasteiger partial charge in [-0.2, -0.15) is 0 Å². The second kappa shape index (κ2) is 9.79. The van der Waals surface area contributed by atoms with Crippen LogP contribution in [-0.4, -0.2) is 52.6 Å². The maximum atomic E-state index is 11.5. The molecule has 0 radical (unpaired) electrons. The molecule has 0 saturated heterocycles. The first-order chi connectivity index (χ1) is 10.2. The van der Waals surface area contributed by atoms with Crippen LogP contribution in [0, 0.1) is 10.8 Å². The Balaban J connectivity index is 3.67. The van der Waals surface area contributed by atoms with Crippen molar-refractivity contribution in [3.63, 3.8) is 0 Å². The Bertz CT molecular complexity index is 315. The fourth-order valence-corrected chi connectivity index (χ4v) is 1.73. The van der Waals surface area contributed by atoms with E-state index >= 15 is 0 Å². The molecule has 0 saturated carbocycles. The highest BCUT2D eigenvalue weighted by molar-refractivity contribution is 5.76. The number of carbonyl (C=O) groups is 2. The van der Waals surface area contributed by atoms with Gasteiger partial charge in [-0.05, 0) is 40.5 Å². The summed E-state index contributed by atoms with van der Waals surface area (Å²) >= 11 is 0. The Labute approximate surface area is 133 Å². The Morgan fingerprint density at radius 3 is 1.27 bits per heavy atom. The molecule has 0 aromatic rings. The van der Waals surface area contributed by atoms with Crippen molar-refractivity contribution in [2.75, 3.05) is 40.6 Å². The highest BCUT2D eigenvalue weighted by atomic mass is 16.5. The van der Waals surface area contributed by atoms with Crippen molar-refractivity contribution in [1.82, 2.24) is 0 Å². The number of hydrogen-bond donors (Lipinski definition) is 0. The van der Waals surface area contributed by atoms with Crippen molar-refractivity contribution in [1.29, 1.82) is 0 Å². The molecule has 0 bridgehead atoms. The first-order valence-corrected chi connectivity index (χ1v) is 7.49. The molecule has 0 rings (SSSR count). The van der Waals surface area contributed by atoms with Gasteiger partial charge in [-0.3, -0.25) is 9.59 Å². The summed E-state index contributed by atoms with van der Waals surface area (Å²) < 4.78 is 20.3. The van der Waals surface area contributed by atoms with Crippen LogP contribution < -0.4 is 0 Å². The number of carbonyl (C=O) groups excluding carboxylic acids is 2. The molecule has 0 heterocycles. The molecule has 6 nitrogen and oxygen atoms in total. The lowest BCUT2D eigenvalue weighted by Gasteiger charge is -2.21. The van der Waals surface area contributed by atoms with E-state index in [1.165, 1.54) is 14.2 Å².